The average molecular weight is 243 g/mol. The van der Waals surface area contributed by atoms with Crippen LogP contribution < -0.4 is 5.32 Å². The molecule has 2 N–H and O–H groups in total. The number of amides is 1. The van der Waals surface area contributed by atoms with Gasteiger partial charge in [-0.3, -0.25) is 4.79 Å². The second kappa shape index (κ2) is 5.02. The van der Waals surface area contributed by atoms with Crippen LogP contribution in [0.5, 0.6) is 0 Å². The van der Waals surface area contributed by atoms with Crippen molar-refractivity contribution in [2.75, 3.05) is 0 Å². The third kappa shape index (κ3) is 2.35. The van der Waals surface area contributed by atoms with E-state index in [1.807, 2.05) is 0 Å². The molecule has 0 atom stereocenters. The van der Waals surface area contributed by atoms with E-state index in [4.69, 9.17) is 5.11 Å². The predicted molar refractivity (Wildman–Crippen MR) is 58.3 cm³/mol. The molecule has 0 bridgehead atoms. The minimum atomic E-state index is -1.21. The lowest BCUT2D eigenvalue weighted by molar-refractivity contribution is -0.144. The van der Waals surface area contributed by atoms with Crippen molar-refractivity contribution in [3.63, 3.8) is 0 Å². The van der Waals surface area contributed by atoms with E-state index in [-0.39, 0.29) is 0 Å². The van der Waals surface area contributed by atoms with Gasteiger partial charge in [-0.25, -0.2) is 4.79 Å². The number of carboxylic acid groups (broad SMARTS) is 1. The fraction of sp³-hybridized carbons (Fsp3) is 0.556. The van der Waals surface area contributed by atoms with Crippen molar-refractivity contribution in [1.82, 2.24) is 14.9 Å². The van der Waals surface area contributed by atoms with Crippen LogP contribution in [0.4, 0.5) is 0 Å². The number of aliphatic carboxylic acids is 1. The summed E-state index contributed by atoms with van der Waals surface area (Å²) in [6, 6.07) is 0. The first-order chi connectivity index (χ1) is 7.55. The number of carbonyl (C=O) groups is 2. The highest BCUT2D eigenvalue weighted by atomic mass is 32.1. The first-order valence-electron chi connectivity index (χ1n) is 4.89. The largest absolute Gasteiger partial charge is 0.480 e. The summed E-state index contributed by atoms with van der Waals surface area (Å²) in [5.41, 5.74) is -1.21. The molecule has 7 heteroatoms. The minimum Gasteiger partial charge on any atom is -0.480 e. The first-order valence-corrected chi connectivity index (χ1v) is 5.66. The summed E-state index contributed by atoms with van der Waals surface area (Å²) in [4.78, 5) is 23.2. The Balaban J connectivity index is 2.84. The van der Waals surface area contributed by atoms with E-state index >= 15 is 0 Å². The van der Waals surface area contributed by atoms with E-state index in [9.17, 15) is 9.59 Å². The number of carbonyl (C=O) groups excluding carboxylic acids is 1. The van der Waals surface area contributed by atoms with Gasteiger partial charge in [0.25, 0.3) is 5.91 Å². The van der Waals surface area contributed by atoms with E-state index < -0.39 is 17.4 Å². The van der Waals surface area contributed by atoms with Crippen LogP contribution in [-0.4, -0.2) is 32.1 Å². The van der Waals surface area contributed by atoms with Crippen molar-refractivity contribution in [1.29, 1.82) is 0 Å². The summed E-state index contributed by atoms with van der Waals surface area (Å²) in [6.45, 7) is 3.45. The zero-order valence-electron chi connectivity index (χ0n) is 9.06. The number of hydrogen-bond acceptors (Lipinski definition) is 5. The number of aromatic nitrogens is 2. The van der Waals surface area contributed by atoms with Crippen LogP contribution in [0, 0.1) is 0 Å². The quantitative estimate of drug-likeness (QED) is 0.802. The zero-order valence-corrected chi connectivity index (χ0v) is 9.87. The van der Waals surface area contributed by atoms with Gasteiger partial charge in [0, 0.05) is 0 Å². The number of carboxylic acids is 1. The molecule has 16 heavy (non-hydrogen) atoms. The van der Waals surface area contributed by atoms with Crippen LogP contribution >= 0.6 is 11.5 Å². The molecule has 1 rings (SSSR count). The van der Waals surface area contributed by atoms with Crippen molar-refractivity contribution in [2.45, 2.75) is 32.2 Å². The maximum atomic E-state index is 11.7. The molecule has 0 aliphatic carbocycles. The van der Waals surface area contributed by atoms with Crippen LogP contribution in [0.15, 0.2) is 6.20 Å². The SMILES string of the molecule is CCC(CC)(NC(=O)c1cnns1)C(=O)O. The molecule has 0 fully saturated rings. The number of nitrogens with zero attached hydrogens (tertiary/aromatic N) is 2. The topological polar surface area (TPSA) is 92.2 Å². The van der Waals surface area contributed by atoms with Gasteiger partial charge >= 0.3 is 5.97 Å². The zero-order chi connectivity index (χ0) is 12.2. The molecule has 6 nitrogen and oxygen atoms in total. The summed E-state index contributed by atoms with van der Waals surface area (Å²) < 4.78 is 3.55. The average Bonchev–Trinajstić information content (AvgIpc) is 2.78. The molecular weight excluding hydrogens is 230 g/mol. The van der Waals surface area contributed by atoms with E-state index in [1.165, 1.54) is 6.20 Å². The van der Waals surface area contributed by atoms with Gasteiger partial charge in [-0.2, -0.15) is 0 Å². The highest BCUT2D eigenvalue weighted by molar-refractivity contribution is 7.07. The van der Waals surface area contributed by atoms with Crippen molar-refractivity contribution in [3.05, 3.63) is 11.1 Å². The maximum absolute atomic E-state index is 11.7. The molecule has 1 aromatic rings. The monoisotopic (exact) mass is 243 g/mol. The molecule has 0 radical (unpaired) electrons. The molecule has 1 amide bonds. The van der Waals surface area contributed by atoms with Crippen LogP contribution in [0.25, 0.3) is 0 Å². The summed E-state index contributed by atoms with van der Waals surface area (Å²) >= 11 is 0.938. The summed E-state index contributed by atoms with van der Waals surface area (Å²) in [6.07, 6.45) is 1.98. The molecule has 0 unspecified atom stereocenters. The van der Waals surface area contributed by atoms with Gasteiger partial charge in [0.1, 0.15) is 10.4 Å². The third-order valence-corrected chi connectivity index (χ3v) is 3.22. The Kier molecular flexibility index (Phi) is 3.94. The molecule has 0 saturated heterocycles. The van der Waals surface area contributed by atoms with Gasteiger partial charge in [-0.1, -0.05) is 18.3 Å². The van der Waals surface area contributed by atoms with Crippen molar-refractivity contribution < 1.29 is 14.7 Å². The van der Waals surface area contributed by atoms with Crippen molar-refractivity contribution >= 4 is 23.4 Å². The molecule has 0 aliphatic heterocycles. The smallest absolute Gasteiger partial charge is 0.329 e. The molecule has 0 spiro atoms. The third-order valence-electron chi connectivity index (χ3n) is 2.55. The van der Waals surface area contributed by atoms with Crippen molar-refractivity contribution in [3.8, 4) is 0 Å². The number of hydrogen-bond donors (Lipinski definition) is 2. The maximum Gasteiger partial charge on any atom is 0.329 e. The summed E-state index contributed by atoms with van der Waals surface area (Å²) in [7, 11) is 0. The normalized spacial score (nSPS) is 11.1. The molecule has 88 valence electrons. The van der Waals surface area contributed by atoms with E-state index in [2.05, 4.69) is 14.9 Å². The summed E-state index contributed by atoms with van der Waals surface area (Å²) in [5, 5.41) is 15.2. The van der Waals surface area contributed by atoms with Crippen LogP contribution in [0.1, 0.15) is 36.4 Å². The van der Waals surface area contributed by atoms with E-state index in [0.29, 0.717) is 17.7 Å². The molecule has 1 heterocycles. The Morgan fingerprint density at radius 3 is 2.50 bits per heavy atom. The van der Waals surface area contributed by atoms with E-state index in [1.54, 1.807) is 13.8 Å². The van der Waals surface area contributed by atoms with Gasteiger partial charge in [0.05, 0.1) is 6.20 Å². The fourth-order valence-corrected chi connectivity index (χ4v) is 1.74. The van der Waals surface area contributed by atoms with Gasteiger partial charge in [0.2, 0.25) is 0 Å². The second-order valence-electron chi connectivity index (χ2n) is 3.33. The molecule has 0 aliphatic rings. The molecule has 0 aromatic carbocycles. The Morgan fingerprint density at radius 2 is 2.12 bits per heavy atom. The van der Waals surface area contributed by atoms with E-state index in [0.717, 1.165) is 11.5 Å². The molecule has 0 saturated carbocycles. The Labute approximate surface area is 96.8 Å². The molecular formula is C9H13N3O3S. The van der Waals surface area contributed by atoms with Gasteiger partial charge in [-0.15, -0.1) is 5.10 Å². The highest BCUT2D eigenvalue weighted by Gasteiger charge is 2.36. The minimum absolute atomic E-state index is 0.313. The van der Waals surface area contributed by atoms with Crippen molar-refractivity contribution in [2.24, 2.45) is 0 Å². The highest BCUT2D eigenvalue weighted by Crippen LogP contribution is 2.17. The molecule has 1 aromatic heterocycles. The van der Waals surface area contributed by atoms with Gasteiger partial charge < -0.3 is 10.4 Å². The Hall–Kier alpha value is -1.50. The van der Waals surface area contributed by atoms with Gasteiger partial charge in [-0.05, 0) is 24.4 Å². The van der Waals surface area contributed by atoms with Gasteiger partial charge in [0.15, 0.2) is 0 Å². The number of rotatable bonds is 5. The first kappa shape index (κ1) is 12.6. The fourth-order valence-electron chi connectivity index (χ4n) is 1.33. The van der Waals surface area contributed by atoms with Crippen LogP contribution in [0.3, 0.4) is 0 Å². The Morgan fingerprint density at radius 1 is 1.50 bits per heavy atom. The predicted octanol–water partition coefficient (Wildman–Crippen LogP) is 0.911. The van der Waals surface area contributed by atoms with Crippen LogP contribution in [0.2, 0.25) is 0 Å². The number of nitrogens with one attached hydrogen (secondary N) is 1. The lowest BCUT2D eigenvalue weighted by atomic mass is 9.93. The second-order valence-corrected chi connectivity index (χ2v) is 4.12. The van der Waals surface area contributed by atoms with Crippen LogP contribution in [-0.2, 0) is 4.79 Å². The standard InChI is InChI=1S/C9H13N3O3S/c1-3-9(4-2,8(14)15)11-7(13)6-5-10-12-16-6/h5H,3-4H2,1-2H3,(H,11,13)(H,14,15). The lowest BCUT2D eigenvalue weighted by Gasteiger charge is -2.27. The Bertz CT molecular complexity index is 373. The summed E-state index contributed by atoms with van der Waals surface area (Å²) in [5.74, 6) is -1.47. The lowest BCUT2D eigenvalue weighted by Crippen LogP contribution is -2.53.